The average Bonchev–Trinajstić information content (AvgIpc) is 3.12. The molecule has 168 valence electrons. The Morgan fingerprint density at radius 3 is 2.48 bits per heavy atom. The third kappa shape index (κ3) is 5.59. The minimum Gasteiger partial charge on any atom is -0.294 e. The number of Topliss-reactive ketones (excluding diaryl/α,β-unsaturated/α-hetero) is 2. The highest BCUT2D eigenvalue weighted by atomic mass is 32.2. The molecule has 0 radical (unpaired) electrons. The standard InChI is InChI=1S/C25H23N3O4S/c1-18-6-8-27-23(11-18)25(30)16-24(29)21-13-19(15-22-5-2-3-7-26-22)12-20(14-21)17-28-9-4-10-33(28,31)32/h2-9,11-14H,10,15-17H2,1H3. The molecule has 33 heavy (non-hydrogen) atoms. The Hall–Kier alpha value is -3.65. The van der Waals surface area contributed by atoms with Crippen LogP contribution in [0.15, 0.2) is 73.2 Å². The van der Waals surface area contributed by atoms with E-state index >= 15 is 0 Å². The molecule has 4 rings (SSSR count). The molecule has 1 aliphatic rings. The summed E-state index contributed by atoms with van der Waals surface area (Å²) < 4.78 is 25.7. The summed E-state index contributed by atoms with van der Waals surface area (Å²) in [5, 5.41) is 0. The number of sulfonamides is 1. The van der Waals surface area contributed by atoms with Gasteiger partial charge in [-0.05, 0) is 60.0 Å². The lowest BCUT2D eigenvalue weighted by Crippen LogP contribution is -2.23. The molecule has 3 heterocycles. The van der Waals surface area contributed by atoms with Crippen LogP contribution in [0.5, 0.6) is 0 Å². The number of carbonyl (C=O) groups excluding carboxylic acids is 2. The molecule has 0 unspecified atom stereocenters. The molecule has 0 saturated heterocycles. The third-order valence-electron chi connectivity index (χ3n) is 5.28. The number of pyridine rings is 2. The maximum absolute atomic E-state index is 13.0. The Morgan fingerprint density at radius 1 is 0.970 bits per heavy atom. The second-order valence-corrected chi connectivity index (χ2v) is 9.95. The van der Waals surface area contributed by atoms with E-state index in [1.807, 2.05) is 31.2 Å². The van der Waals surface area contributed by atoms with Gasteiger partial charge in [-0.25, -0.2) is 8.42 Å². The van der Waals surface area contributed by atoms with Gasteiger partial charge in [0.15, 0.2) is 11.6 Å². The largest absolute Gasteiger partial charge is 0.294 e. The van der Waals surface area contributed by atoms with Crippen LogP contribution >= 0.6 is 0 Å². The molecule has 0 aliphatic carbocycles. The minimum atomic E-state index is -3.39. The van der Waals surface area contributed by atoms with Gasteiger partial charge in [-0.1, -0.05) is 18.2 Å². The van der Waals surface area contributed by atoms with E-state index in [1.165, 1.54) is 10.5 Å². The van der Waals surface area contributed by atoms with Crippen molar-refractivity contribution in [1.82, 2.24) is 14.3 Å². The fourth-order valence-corrected chi connectivity index (χ4v) is 4.80. The summed E-state index contributed by atoms with van der Waals surface area (Å²) in [4.78, 5) is 34.0. The minimum absolute atomic E-state index is 0.0373. The van der Waals surface area contributed by atoms with Crippen LogP contribution in [-0.4, -0.2) is 40.0 Å². The monoisotopic (exact) mass is 461 g/mol. The number of benzene rings is 1. The maximum atomic E-state index is 13.0. The quantitative estimate of drug-likeness (QED) is 0.376. The number of hydrogen-bond acceptors (Lipinski definition) is 6. The van der Waals surface area contributed by atoms with Crippen molar-refractivity contribution in [3.8, 4) is 0 Å². The third-order valence-corrected chi connectivity index (χ3v) is 6.86. The highest BCUT2D eigenvalue weighted by Crippen LogP contribution is 2.21. The summed E-state index contributed by atoms with van der Waals surface area (Å²) in [6.45, 7) is 1.97. The van der Waals surface area contributed by atoms with Gasteiger partial charge in [0.1, 0.15) is 5.69 Å². The first kappa shape index (κ1) is 22.5. The van der Waals surface area contributed by atoms with Gasteiger partial charge in [0.2, 0.25) is 10.0 Å². The normalized spacial score (nSPS) is 14.4. The number of aromatic nitrogens is 2. The lowest BCUT2D eigenvalue weighted by Gasteiger charge is -2.17. The molecule has 1 aliphatic heterocycles. The number of aryl methyl sites for hydroxylation is 1. The maximum Gasteiger partial charge on any atom is 0.238 e. The second-order valence-electron chi connectivity index (χ2n) is 7.99. The van der Waals surface area contributed by atoms with Gasteiger partial charge in [-0.2, -0.15) is 0 Å². The van der Waals surface area contributed by atoms with Crippen molar-refractivity contribution in [2.24, 2.45) is 0 Å². The van der Waals surface area contributed by atoms with E-state index in [1.54, 1.807) is 42.7 Å². The predicted molar refractivity (Wildman–Crippen MR) is 124 cm³/mol. The first-order valence-corrected chi connectivity index (χ1v) is 12.1. The van der Waals surface area contributed by atoms with E-state index in [-0.39, 0.29) is 36.0 Å². The van der Waals surface area contributed by atoms with E-state index < -0.39 is 10.0 Å². The first-order valence-electron chi connectivity index (χ1n) is 10.5. The summed E-state index contributed by atoms with van der Waals surface area (Å²) in [6, 6.07) is 14.3. The Morgan fingerprint density at radius 2 is 1.79 bits per heavy atom. The Kier molecular flexibility index (Phi) is 6.46. The number of ketones is 2. The molecule has 0 bridgehead atoms. The number of rotatable bonds is 8. The first-order chi connectivity index (χ1) is 15.8. The van der Waals surface area contributed by atoms with Gasteiger partial charge in [0.05, 0.1) is 18.7 Å². The fraction of sp³-hybridized carbons (Fsp3) is 0.200. The molecule has 0 N–H and O–H groups in total. The van der Waals surface area contributed by atoms with Crippen LogP contribution in [0, 0.1) is 6.92 Å². The summed E-state index contributed by atoms with van der Waals surface area (Å²) in [6.07, 6.45) is 6.53. The van der Waals surface area contributed by atoms with Crippen molar-refractivity contribution in [2.45, 2.75) is 26.3 Å². The van der Waals surface area contributed by atoms with E-state index in [4.69, 9.17) is 0 Å². The van der Waals surface area contributed by atoms with Crippen LogP contribution in [0.2, 0.25) is 0 Å². The van der Waals surface area contributed by atoms with Crippen molar-refractivity contribution in [3.05, 3.63) is 107 Å². The number of carbonyl (C=O) groups is 2. The smallest absolute Gasteiger partial charge is 0.238 e. The number of nitrogens with zero attached hydrogens (tertiary/aromatic N) is 3. The summed E-state index contributed by atoms with van der Waals surface area (Å²) in [7, 11) is -3.39. The van der Waals surface area contributed by atoms with Crippen LogP contribution in [0.25, 0.3) is 0 Å². The Labute approximate surface area is 192 Å². The lowest BCUT2D eigenvalue weighted by molar-refractivity contribution is 0.0891. The molecule has 3 aromatic rings. The van der Waals surface area contributed by atoms with E-state index in [2.05, 4.69) is 9.97 Å². The van der Waals surface area contributed by atoms with Crippen molar-refractivity contribution in [1.29, 1.82) is 0 Å². The van der Waals surface area contributed by atoms with Crippen LogP contribution in [0.4, 0.5) is 0 Å². The van der Waals surface area contributed by atoms with Gasteiger partial charge in [0.25, 0.3) is 0 Å². The highest BCUT2D eigenvalue weighted by Gasteiger charge is 2.23. The van der Waals surface area contributed by atoms with Gasteiger partial charge in [-0.15, -0.1) is 0 Å². The summed E-state index contributed by atoms with van der Waals surface area (Å²) in [5.74, 6) is -0.734. The van der Waals surface area contributed by atoms with Crippen LogP contribution in [0.3, 0.4) is 0 Å². The molecule has 0 saturated carbocycles. The van der Waals surface area contributed by atoms with Gasteiger partial charge >= 0.3 is 0 Å². The Bertz CT molecular complexity index is 1330. The van der Waals surface area contributed by atoms with Crippen molar-refractivity contribution < 1.29 is 18.0 Å². The van der Waals surface area contributed by atoms with E-state index in [0.717, 1.165) is 16.8 Å². The molecule has 1 aromatic carbocycles. The SMILES string of the molecule is Cc1ccnc(C(=O)CC(=O)c2cc(Cc3ccccn3)cc(CN3C=CCS3(=O)=O)c2)c1. The zero-order valence-electron chi connectivity index (χ0n) is 18.1. The van der Waals surface area contributed by atoms with Gasteiger partial charge < -0.3 is 0 Å². The predicted octanol–water partition coefficient (Wildman–Crippen LogP) is 3.49. The van der Waals surface area contributed by atoms with E-state index in [0.29, 0.717) is 17.5 Å². The fourth-order valence-electron chi connectivity index (χ4n) is 3.66. The second kappa shape index (κ2) is 9.46. The lowest BCUT2D eigenvalue weighted by atomic mass is 9.97. The summed E-state index contributed by atoms with van der Waals surface area (Å²) >= 11 is 0. The van der Waals surface area contributed by atoms with Crippen LogP contribution < -0.4 is 0 Å². The van der Waals surface area contributed by atoms with Crippen LogP contribution in [0.1, 0.15) is 49.7 Å². The van der Waals surface area contributed by atoms with Gasteiger partial charge in [0, 0.05) is 36.3 Å². The zero-order chi connectivity index (χ0) is 23.4. The Balaban J connectivity index is 1.62. The van der Waals surface area contributed by atoms with Crippen molar-refractivity contribution in [3.63, 3.8) is 0 Å². The van der Waals surface area contributed by atoms with E-state index in [9.17, 15) is 18.0 Å². The number of hydrogen-bond donors (Lipinski definition) is 0. The molecule has 7 nitrogen and oxygen atoms in total. The topological polar surface area (TPSA) is 97.3 Å². The molecule has 0 fully saturated rings. The zero-order valence-corrected chi connectivity index (χ0v) is 19.0. The van der Waals surface area contributed by atoms with Crippen molar-refractivity contribution in [2.75, 3.05) is 5.75 Å². The summed E-state index contributed by atoms with van der Waals surface area (Å²) in [5.41, 5.74) is 3.81. The molecule has 0 atom stereocenters. The van der Waals surface area contributed by atoms with Crippen LogP contribution in [-0.2, 0) is 23.0 Å². The van der Waals surface area contributed by atoms with Gasteiger partial charge in [-0.3, -0.25) is 23.9 Å². The molecular formula is C25H23N3O4S. The highest BCUT2D eigenvalue weighted by molar-refractivity contribution is 7.89. The molecule has 0 spiro atoms. The molecular weight excluding hydrogens is 438 g/mol. The average molecular weight is 462 g/mol. The van der Waals surface area contributed by atoms with Crippen molar-refractivity contribution >= 4 is 21.6 Å². The molecule has 0 amide bonds. The molecule has 2 aromatic heterocycles. The molecule has 8 heteroatoms.